The van der Waals surface area contributed by atoms with Crippen LogP contribution in [0.15, 0.2) is 36.4 Å². The average Bonchev–Trinajstić information content (AvgIpc) is 2.73. The summed E-state index contributed by atoms with van der Waals surface area (Å²) in [6.45, 7) is 10.1. The molecule has 4 nitrogen and oxygen atoms in total. The Morgan fingerprint density at radius 1 is 1.07 bits per heavy atom. The number of nitrogens with one attached hydrogen (secondary N) is 1. The molecule has 0 unspecified atom stereocenters. The monoisotopic (exact) mass is 394 g/mol. The number of aryl methyl sites for hydroxylation is 1. The highest BCUT2D eigenvalue weighted by Gasteiger charge is 2.16. The fourth-order valence-electron chi connectivity index (χ4n) is 3.99. The Kier molecular flexibility index (Phi) is 7.32. The Morgan fingerprint density at radius 3 is 2.34 bits per heavy atom. The summed E-state index contributed by atoms with van der Waals surface area (Å²) in [5, 5.41) is 3.07. The Bertz CT molecular complexity index is 821. The van der Waals surface area contributed by atoms with Gasteiger partial charge in [0.2, 0.25) is 0 Å². The van der Waals surface area contributed by atoms with Crippen molar-refractivity contribution < 1.29 is 9.53 Å². The lowest BCUT2D eigenvalue weighted by atomic mass is 9.96. The SMILES string of the molecule is COc1cc(C)c(C(=O)NCc2ccc(CN3CCCCC3)cc2)cc1C(C)C. The number of methoxy groups -OCH3 is 1. The fraction of sp³-hybridized carbons (Fsp3) is 0.480. The molecule has 0 radical (unpaired) electrons. The molecule has 2 aromatic rings. The summed E-state index contributed by atoms with van der Waals surface area (Å²) < 4.78 is 5.48. The molecule has 1 aliphatic rings. The maximum Gasteiger partial charge on any atom is 0.251 e. The highest BCUT2D eigenvalue weighted by molar-refractivity contribution is 5.96. The van der Waals surface area contributed by atoms with E-state index >= 15 is 0 Å². The quantitative estimate of drug-likeness (QED) is 0.715. The van der Waals surface area contributed by atoms with Gasteiger partial charge in [0.15, 0.2) is 0 Å². The van der Waals surface area contributed by atoms with Crippen molar-refractivity contribution in [1.82, 2.24) is 10.2 Å². The highest BCUT2D eigenvalue weighted by atomic mass is 16.5. The Balaban J connectivity index is 1.61. The normalized spacial score (nSPS) is 14.8. The molecule has 3 rings (SSSR count). The molecule has 29 heavy (non-hydrogen) atoms. The van der Waals surface area contributed by atoms with E-state index in [2.05, 4.69) is 48.3 Å². The van der Waals surface area contributed by atoms with Crippen LogP contribution in [0, 0.1) is 6.92 Å². The van der Waals surface area contributed by atoms with Gasteiger partial charge in [-0.25, -0.2) is 0 Å². The van der Waals surface area contributed by atoms with Crippen LogP contribution in [0.3, 0.4) is 0 Å². The van der Waals surface area contributed by atoms with E-state index < -0.39 is 0 Å². The first-order chi connectivity index (χ1) is 14.0. The van der Waals surface area contributed by atoms with Gasteiger partial charge in [-0.3, -0.25) is 9.69 Å². The number of ether oxygens (including phenoxy) is 1. The van der Waals surface area contributed by atoms with Crippen LogP contribution in [0.4, 0.5) is 0 Å². The molecule has 4 heteroatoms. The van der Waals surface area contributed by atoms with Crippen molar-refractivity contribution in [2.24, 2.45) is 0 Å². The predicted molar refractivity (Wildman–Crippen MR) is 119 cm³/mol. The van der Waals surface area contributed by atoms with Crippen molar-refractivity contribution in [3.05, 3.63) is 64.2 Å². The van der Waals surface area contributed by atoms with Crippen LogP contribution in [0.1, 0.15) is 71.6 Å². The molecule has 1 amide bonds. The molecule has 0 aromatic heterocycles. The first kappa shape index (κ1) is 21.4. The zero-order valence-corrected chi connectivity index (χ0v) is 18.3. The van der Waals surface area contributed by atoms with E-state index in [-0.39, 0.29) is 5.91 Å². The second-order valence-corrected chi connectivity index (χ2v) is 8.40. The van der Waals surface area contributed by atoms with E-state index in [9.17, 15) is 4.79 Å². The summed E-state index contributed by atoms with van der Waals surface area (Å²) in [5.74, 6) is 1.10. The third kappa shape index (κ3) is 5.60. The smallest absolute Gasteiger partial charge is 0.251 e. The lowest BCUT2D eigenvalue weighted by molar-refractivity contribution is 0.0950. The molecule has 1 fully saturated rings. The second kappa shape index (κ2) is 9.93. The largest absolute Gasteiger partial charge is 0.496 e. The lowest BCUT2D eigenvalue weighted by Crippen LogP contribution is -2.29. The number of carbonyl (C=O) groups excluding carboxylic acids is 1. The van der Waals surface area contributed by atoms with Crippen LogP contribution in [0.2, 0.25) is 0 Å². The molecular weight excluding hydrogens is 360 g/mol. The number of amides is 1. The van der Waals surface area contributed by atoms with E-state index in [4.69, 9.17) is 4.74 Å². The van der Waals surface area contributed by atoms with Crippen molar-refractivity contribution in [1.29, 1.82) is 0 Å². The van der Waals surface area contributed by atoms with E-state index in [0.717, 1.165) is 34.5 Å². The molecule has 0 atom stereocenters. The highest BCUT2D eigenvalue weighted by Crippen LogP contribution is 2.29. The van der Waals surface area contributed by atoms with Crippen LogP contribution < -0.4 is 10.1 Å². The zero-order chi connectivity index (χ0) is 20.8. The van der Waals surface area contributed by atoms with E-state index in [0.29, 0.717) is 12.5 Å². The molecular formula is C25H34N2O2. The van der Waals surface area contributed by atoms with Crippen LogP contribution >= 0.6 is 0 Å². The molecule has 1 saturated heterocycles. The second-order valence-electron chi connectivity index (χ2n) is 8.40. The topological polar surface area (TPSA) is 41.6 Å². The predicted octanol–water partition coefficient (Wildman–Crippen LogP) is 5.04. The van der Waals surface area contributed by atoms with Gasteiger partial charge in [0, 0.05) is 18.7 Å². The first-order valence-electron chi connectivity index (χ1n) is 10.7. The van der Waals surface area contributed by atoms with Gasteiger partial charge in [-0.1, -0.05) is 44.5 Å². The Labute approximate surface area is 175 Å². The number of nitrogens with zero attached hydrogens (tertiary/aromatic N) is 1. The third-order valence-electron chi connectivity index (χ3n) is 5.77. The maximum atomic E-state index is 12.8. The summed E-state index contributed by atoms with van der Waals surface area (Å²) in [5.41, 5.74) is 5.17. The molecule has 0 spiro atoms. The molecule has 0 saturated carbocycles. The average molecular weight is 395 g/mol. The van der Waals surface area contributed by atoms with Gasteiger partial charge < -0.3 is 10.1 Å². The number of carbonyl (C=O) groups is 1. The van der Waals surface area contributed by atoms with Gasteiger partial charge in [-0.2, -0.15) is 0 Å². The summed E-state index contributed by atoms with van der Waals surface area (Å²) in [6, 6.07) is 12.5. The van der Waals surface area contributed by atoms with E-state index in [1.807, 2.05) is 19.1 Å². The first-order valence-corrected chi connectivity index (χ1v) is 10.7. The van der Waals surface area contributed by atoms with Crippen molar-refractivity contribution in [2.45, 2.75) is 59.0 Å². The standard InChI is InChI=1S/C25H34N2O2/c1-18(2)22-15-23(19(3)14-24(22)29-4)25(28)26-16-20-8-10-21(11-9-20)17-27-12-6-5-7-13-27/h8-11,14-15,18H,5-7,12-13,16-17H2,1-4H3,(H,26,28). The number of likely N-dealkylation sites (tertiary alicyclic amines) is 1. The van der Waals surface area contributed by atoms with E-state index in [1.54, 1.807) is 7.11 Å². The number of piperidine rings is 1. The summed E-state index contributed by atoms with van der Waals surface area (Å²) in [4.78, 5) is 15.3. The summed E-state index contributed by atoms with van der Waals surface area (Å²) in [6.07, 6.45) is 3.99. The number of rotatable bonds is 7. The fourth-order valence-corrected chi connectivity index (χ4v) is 3.99. The van der Waals surface area contributed by atoms with Crippen molar-refractivity contribution in [3.63, 3.8) is 0 Å². The molecule has 156 valence electrons. The molecule has 0 aliphatic carbocycles. The molecule has 1 N–H and O–H groups in total. The van der Waals surface area contributed by atoms with Gasteiger partial charge in [-0.15, -0.1) is 0 Å². The number of hydrogen-bond acceptors (Lipinski definition) is 3. The van der Waals surface area contributed by atoms with E-state index in [1.165, 1.54) is 37.9 Å². The lowest BCUT2D eigenvalue weighted by Gasteiger charge is -2.26. The Hall–Kier alpha value is -2.33. The number of benzene rings is 2. The van der Waals surface area contributed by atoms with Gasteiger partial charge in [0.25, 0.3) is 5.91 Å². The third-order valence-corrected chi connectivity index (χ3v) is 5.77. The minimum Gasteiger partial charge on any atom is -0.496 e. The molecule has 1 aliphatic heterocycles. The summed E-state index contributed by atoms with van der Waals surface area (Å²) in [7, 11) is 1.68. The van der Waals surface area contributed by atoms with Crippen molar-refractivity contribution in [3.8, 4) is 5.75 Å². The zero-order valence-electron chi connectivity index (χ0n) is 18.3. The van der Waals surface area contributed by atoms with Crippen LogP contribution in [0.5, 0.6) is 5.75 Å². The minimum absolute atomic E-state index is 0.0375. The van der Waals surface area contributed by atoms with Crippen molar-refractivity contribution in [2.75, 3.05) is 20.2 Å². The van der Waals surface area contributed by atoms with Crippen LogP contribution in [-0.2, 0) is 13.1 Å². The van der Waals surface area contributed by atoms with Gasteiger partial charge in [0.05, 0.1) is 7.11 Å². The van der Waals surface area contributed by atoms with Crippen LogP contribution in [0.25, 0.3) is 0 Å². The van der Waals surface area contributed by atoms with Crippen molar-refractivity contribution >= 4 is 5.91 Å². The molecule has 2 aromatic carbocycles. The molecule has 1 heterocycles. The minimum atomic E-state index is -0.0375. The Morgan fingerprint density at radius 2 is 1.72 bits per heavy atom. The van der Waals surface area contributed by atoms with Gasteiger partial charge >= 0.3 is 0 Å². The van der Waals surface area contributed by atoms with Gasteiger partial charge in [0.1, 0.15) is 5.75 Å². The summed E-state index contributed by atoms with van der Waals surface area (Å²) >= 11 is 0. The van der Waals surface area contributed by atoms with Crippen LogP contribution in [-0.4, -0.2) is 31.0 Å². The van der Waals surface area contributed by atoms with Gasteiger partial charge in [-0.05, 0) is 73.2 Å². The maximum absolute atomic E-state index is 12.8. The number of hydrogen-bond donors (Lipinski definition) is 1. The molecule has 0 bridgehead atoms.